The lowest BCUT2D eigenvalue weighted by Crippen LogP contribution is -2.31. The van der Waals surface area contributed by atoms with E-state index >= 15 is 0 Å². The molecule has 9 heteroatoms. The van der Waals surface area contributed by atoms with Gasteiger partial charge in [-0.25, -0.2) is 0 Å². The van der Waals surface area contributed by atoms with Crippen LogP contribution < -0.4 is 0 Å². The van der Waals surface area contributed by atoms with Crippen molar-refractivity contribution >= 4 is 15.8 Å². The van der Waals surface area contributed by atoms with Crippen molar-refractivity contribution in [1.29, 1.82) is 0 Å². The van der Waals surface area contributed by atoms with Gasteiger partial charge in [-0.05, 0) is 97.3 Å². The molecule has 0 unspecified atom stereocenters. The fourth-order valence-corrected chi connectivity index (χ4v) is 8.58. The van der Waals surface area contributed by atoms with Gasteiger partial charge in [-0.15, -0.1) is 15.8 Å². The molecule has 0 saturated heterocycles. The molecule has 0 N–H and O–H groups in total. The quantitative estimate of drug-likeness (QED) is 0.0583. The molecule has 0 fully saturated rings. The number of nitrogens with zero attached hydrogens (tertiary/aromatic N) is 1. The lowest BCUT2D eigenvalue weighted by molar-refractivity contribution is -0.162. The van der Waals surface area contributed by atoms with Crippen molar-refractivity contribution in [3.05, 3.63) is 0 Å². The second-order valence-corrected chi connectivity index (χ2v) is 14.2. The second-order valence-electron chi connectivity index (χ2n) is 8.84. The highest BCUT2D eigenvalue weighted by atomic mass is 31.1. The van der Waals surface area contributed by atoms with E-state index in [1.54, 1.807) is 0 Å². The van der Waals surface area contributed by atoms with Gasteiger partial charge in [0.25, 0.3) is 0 Å². The monoisotopic (exact) mass is 569 g/mol. The largest absolute Gasteiger partial charge is 0.382 e. The summed E-state index contributed by atoms with van der Waals surface area (Å²) in [4.78, 5) is 6.25. The van der Waals surface area contributed by atoms with E-state index < -0.39 is 0 Å². The molecule has 0 atom stereocenters. The molecule has 0 radical (unpaired) electrons. The lowest BCUT2D eigenvalue weighted by atomic mass is 10.5. The van der Waals surface area contributed by atoms with E-state index in [1.165, 1.54) is 37.0 Å². The zero-order chi connectivity index (χ0) is 27.2. The Labute approximate surface area is 232 Å². The number of rotatable bonds is 31. The Bertz CT molecular complexity index is 383. The van der Waals surface area contributed by atoms with E-state index in [0.717, 1.165) is 98.2 Å². The minimum Gasteiger partial charge on any atom is -0.382 e. The zero-order valence-corrected chi connectivity index (χ0v) is 26.8. The molecule has 0 aliphatic heterocycles. The Balaban J connectivity index is 4.87. The van der Waals surface area contributed by atoms with Gasteiger partial charge in [0.1, 0.15) is 0 Å². The third kappa shape index (κ3) is 26.6. The van der Waals surface area contributed by atoms with Crippen molar-refractivity contribution < 1.29 is 28.5 Å². The van der Waals surface area contributed by atoms with Gasteiger partial charge in [0.15, 0.2) is 0 Å². The molecule has 0 aromatic rings. The Morgan fingerprint density at radius 1 is 0.405 bits per heavy atom. The summed E-state index contributed by atoms with van der Waals surface area (Å²) in [6.45, 7) is 21.1. The SMILES string of the molecule is CCOCCCP(CCCOCC)CCN(CCP(CCCOCC)CCCOCC)OCCOCC. The van der Waals surface area contributed by atoms with Gasteiger partial charge < -0.3 is 23.7 Å². The maximum Gasteiger partial charge on any atom is 0.0918 e. The van der Waals surface area contributed by atoms with Gasteiger partial charge in [0.2, 0.25) is 0 Å². The van der Waals surface area contributed by atoms with E-state index in [0.29, 0.717) is 13.2 Å². The van der Waals surface area contributed by atoms with Crippen molar-refractivity contribution in [2.45, 2.75) is 60.3 Å². The van der Waals surface area contributed by atoms with Gasteiger partial charge in [0.05, 0.1) is 13.2 Å². The molecule has 0 rings (SSSR count). The highest BCUT2D eigenvalue weighted by Gasteiger charge is 2.15. The average molecular weight is 570 g/mol. The highest BCUT2D eigenvalue weighted by molar-refractivity contribution is 7.57. The summed E-state index contributed by atoms with van der Waals surface area (Å²) in [5.74, 6) is 0. The summed E-state index contributed by atoms with van der Waals surface area (Å²) in [6, 6.07) is 0. The molecule has 224 valence electrons. The molecule has 0 heterocycles. The third-order valence-corrected chi connectivity index (χ3v) is 11.4. The van der Waals surface area contributed by atoms with Crippen LogP contribution in [0.4, 0.5) is 0 Å². The van der Waals surface area contributed by atoms with Crippen LogP contribution in [0.5, 0.6) is 0 Å². The van der Waals surface area contributed by atoms with Crippen molar-refractivity contribution in [3.8, 4) is 0 Å². The number of hydroxylamine groups is 2. The van der Waals surface area contributed by atoms with Gasteiger partial charge in [-0.1, -0.05) is 0 Å². The van der Waals surface area contributed by atoms with Crippen molar-refractivity contribution in [3.63, 3.8) is 0 Å². The Morgan fingerprint density at radius 3 is 1.05 bits per heavy atom. The van der Waals surface area contributed by atoms with E-state index in [2.05, 4.69) is 32.8 Å². The van der Waals surface area contributed by atoms with E-state index in [-0.39, 0.29) is 15.8 Å². The first-order chi connectivity index (χ1) is 18.2. The molecule has 37 heavy (non-hydrogen) atoms. The number of ether oxygens (including phenoxy) is 5. The summed E-state index contributed by atoms with van der Waals surface area (Å²) in [5.41, 5.74) is 0. The topological polar surface area (TPSA) is 58.6 Å². The van der Waals surface area contributed by atoms with Crippen LogP contribution in [0.25, 0.3) is 0 Å². The Morgan fingerprint density at radius 2 is 0.730 bits per heavy atom. The standard InChI is InChI=1S/C28H61NO6P2/c1-6-30-17-11-23-36(24-12-18-31-7-2)27-15-29(35-22-21-34-10-5)16-28-37(25-13-19-32-8-3)26-14-20-33-9-4/h6-28H2,1-5H3. The summed E-state index contributed by atoms with van der Waals surface area (Å²) >= 11 is 0. The van der Waals surface area contributed by atoms with Crippen LogP contribution in [0.1, 0.15) is 60.3 Å². The Kier molecular flexibility index (Phi) is 31.6. The van der Waals surface area contributed by atoms with Crippen molar-refractivity contribution in [2.75, 3.05) is 123 Å². The molecule has 7 nitrogen and oxygen atoms in total. The molecule has 0 aliphatic carbocycles. The second kappa shape index (κ2) is 31.1. The van der Waals surface area contributed by atoms with Gasteiger partial charge in [-0.2, -0.15) is 5.06 Å². The average Bonchev–Trinajstić information content (AvgIpc) is 2.91. The predicted molar refractivity (Wildman–Crippen MR) is 161 cm³/mol. The predicted octanol–water partition coefficient (Wildman–Crippen LogP) is 5.93. The molecule has 0 saturated carbocycles. The molecule has 0 aromatic carbocycles. The van der Waals surface area contributed by atoms with E-state index in [4.69, 9.17) is 28.5 Å². The van der Waals surface area contributed by atoms with Gasteiger partial charge in [-0.3, -0.25) is 4.84 Å². The smallest absolute Gasteiger partial charge is 0.0918 e. The van der Waals surface area contributed by atoms with Crippen LogP contribution in [0.15, 0.2) is 0 Å². The number of hydrogen-bond acceptors (Lipinski definition) is 7. The van der Waals surface area contributed by atoms with Crippen LogP contribution in [0, 0.1) is 0 Å². The molecular weight excluding hydrogens is 508 g/mol. The van der Waals surface area contributed by atoms with Crippen LogP contribution in [0.3, 0.4) is 0 Å². The molecule has 0 spiro atoms. The van der Waals surface area contributed by atoms with Crippen molar-refractivity contribution in [1.82, 2.24) is 5.06 Å². The minimum absolute atomic E-state index is 0.0422. The van der Waals surface area contributed by atoms with Gasteiger partial charge >= 0.3 is 0 Å². The highest BCUT2D eigenvalue weighted by Crippen LogP contribution is 2.38. The molecule has 0 amide bonds. The zero-order valence-electron chi connectivity index (χ0n) is 25.1. The molecule has 0 bridgehead atoms. The fraction of sp³-hybridized carbons (Fsp3) is 1.00. The lowest BCUT2D eigenvalue weighted by Gasteiger charge is -2.27. The first-order valence-corrected chi connectivity index (χ1v) is 18.7. The molecular formula is C28H61NO6P2. The molecule has 0 aromatic heterocycles. The summed E-state index contributed by atoms with van der Waals surface area (Å²) in [6.07, 6.45) is 12.2. The number of hydrogen-bond donors (Lipinski definition) is 0. The third-order valence-electron chi connectivity index (χ3n) is 5.91. The summed E-state index contributed by atoms with van der Waals surface area (Å²) in [5, 5.41) is 2.25. The van der Waals surface area contributed by atoms with Crippen LogP contribution in [-0.2, 0) is 28.5 Å². The maximum absolute atomic E-state index is 6.25. The summed E-state index contributed by atoms with van der Waals surface area (Å²) in [7, 11) is -0.0843. The van der Waals surface area contributed by atoms with Crippen LogP contribution >= 0.6 is 15.8 Å². The van der Waals surface area contributed by atoms with Crippen LogP contribution in [0.2, 0.25) is 0 Å². The van der Waals surface area contributed by atoms with Crippen LogP contribution in [-0.4, -0.2) is 128 Å². The normalized spacial score (nSPS) is 12.0. The fourth-order valence-electron chi connectivity index (χ4n) is 3.93. The maximum atomic E-state index is 6.25. The first kappa shape index (κ1) is 37.6. The molecule has 0 aliphatic rings. The summed E-state index contributed by atoms with van der Waals surface area (Å²) < 4.78 is 28.0. The van der Waals surface area contributed by atoms with E-state index in [9.17, 15) is 0 Å². The minimum atomic E-state index is -0.0422. The van der Waals surface area contributed by atoms with E-state index in [1.807, 2.05) is 6.92 Å². The first-order valence-electron chi connectivity index (χ1n) is 14.9. The van der Waals surface area contributed by atoms with Gasteiger partial charge in [0, 0.05) is 72.6 Å². The van der Waals surface area contributed by atoms with Crippen molar-refractivity contribution in [2.24, 2.45) is 0 Å². The Hall–Kier alpha value is 0.580.